The predicted octanol–water partition coefficient (Wildman–Crippen LogP) is 8.28. The van der Waals surface area contributed by atoms with Crippen LogP contribution in [0.15, 0.2) is 76.5 Å². The van der Waals surface area contributed by atoms with Crippen molar-refractivity contribution in [3.63, 3.8) is 0 Å². The van der Waals surface area contributed by atoms with Gasteiger partial charge in [0.1, 0.15) is 11.5 Å². The van der Waals surface area contributed by atoms with E-state index in [1.165, 1.54) is 21.2 Å². The van der Waals surface area contributed by atoms with Crippen LogP contribution < -0.4 is 14.4 Å². The molecule has 0 unspecified atom stereocenters. The van der Waals surface area contributed by atoms with Crippen LogP contribution in [0.3, 0.4) is 0 Å². The normalized spacial score (nSPS) is 14.2. The van der Waals surface area contributed by atoms with Crippen molar-refractivity contribution in [1.29, 1.82) is 0 Å². The van der Waals surface area contributed by atoms with Gasteiger partial charge in [-0.2, -0.15) is 0 Å². The largest absolute Gasteiger partial charge is 0.494 e. The van der Waals surface area contributed by atoms with Crippen LogP contribution in [0.1, 0.15) is 32.6 Å². The molecule has 1 fully saturated rings. The van der Waals surface area contributed by atoms with Crippen LogP contribution in [0.4, 0.5) is 11.4 Å². The Morgan fingerprint density at radius 1 is 0.814 bits per heavy atom. The summed E-state index contributed by atoms with van der Waals surface area (Å²) in [6.45, 7) is 10.7. The molecule has 2 aliphatic heterocycles. The predicted molar refractivity (Wildman–Crippen MR) is 184 cm³/mol. The number of nitrogens with zero attached hydrogens (tertiary/aromatic N) is 3. The lowest BCUT2D eigenvalue weighted by Crippen LogP contribution is -2.37. The molecule has 236 valence electrons. The van der Waals surface area contributed by atoms with Gasteiger partial charge in [0.05, 0.1) is 37.8 Å². The number of morpholine rings is 1. The average molecular weight is 649 g/mol. The molecule has 3 aromatic rings. The number of fused-ring (bicyclic) bond motifs is 2. The van der Waals surface area contributed by atoms with Crippen molar-refractivity contribution >= 4 is 47.1 Å². The van der Waals surface area contributed by atoms with Gasteiger partial charge in [0.15, 0.2) is 0 Å². The molecule has 0 bridgehead atoms. The SMILES string of the molecule is CCCCOc1ccc(OCCCN2CCOCC2)cc1.CN(C)CCCN1c2ccccc2Sc2ccc(Cl)cc21.Cl. The Labute approximate surface area is 274 Å². The van der Waals surface area contributed by atoms with E-state index in [4.69, 9.17) is 25.8 Å². The zero-order chi connectivity index (χ0) is 29.6. The zero-order valence-electron chi connectivity index (χ0n) is 25.8. The van der Waals surface area contributed by atoms with Crippen LogP contribution in [-0.2, 0) is 4.74 Å². The van der Waals surface area contributed by atoms with Gasteiger partial charge in [-0.25, -0.2) is 0 Å². The second kappa shape index (κ2) is 19.3. The number of hydrogen-bond acceptors (Lipinski definition) is 7. The second-order valence-corrected chi connectivity index (χ2v) is 12.3. The van der Waals surface area contributed by atoms with Crippen LogP contribution in [0.5, 0.6) is 11.5 Å². The Balaban J connectivity index is 0.000000230. The molecule has 0 aromatic heterocycles. The van der Waals surface area contributed by atoms with Crippen LogP contribution in [0.25, 0.3) is 0 Å². The van der Waals surface area contributed by atoms with Gasteiger partial charge in [-0.3, -0.25) is 4.90 Å². The maximum absolute atomic E-state index is 6.21. The summed E-state index contributed by atoms with van der Waals surface area (Å²) in [6.07, 6.45) is 4.43. The topological polar surface area (TPSA) is 37.4 Å². The highest BCUT2D eigenvalue weighted by atomic mass is 35.5. The van der Waals surface area contributed by atoms with Crippen molar-refractivity contribution in [3.8, 4) is 11.5 Å². The Kier molecular flexibility index (Phi) is 15.9. The number of unbranched alkanes of at least 4 members (excludes halogenated alkanes) is 1. The third-order valence-electron chi connectivity index (χ3n) is 7.16. The molecule has 0 saturated carbocycles. The maximum Gasteiger partial charge on any atom is 0.119 e. The molecular weight excluding hydrogens is 601 g/mol. The minimum atomic E-state index is 0. The van der Waals surface area contributed by atoms with Gasteiger partial charge >= 0.3 is 0 Å². The van der Waals surface area contributed by atoms with Gasteiger partial charge in [0.25, 0.3) is 0 Å². The van der Waals surface area contributed by atoms with Crippen molar-refractivity contribution in [2.45, 2.75) is 42.4 Å². The first-order chi connectivity index (χ1) is 20.5. The number of benzene rings is 3. The quantitative estimate of drug-likeness (QED) is 0.173. The summed E-state index contributed by atoms with van der Waals surface area (Å²) < 4.78 is 16.7. The summed E-state index contributed by atoms with van der Waals surface area (Å²) >= 11 is 8.03. The molecule has 2 aliphatic rings. The molecule has 0 radical (unpaired) electrons. The first kappa shape index (κ1) is 35.4. The maximum atomic E-state index is 6.21. The minimum Gasteiger partial charge on any atom is -0.494 e. The van der Waals surface area contributed by atoms with E-state index in [1.807, 2.05) is 42.1 Å². The van der Waals surface area contributed by atoms with E-state index in [1.54, 1.807) is 0 Å². The first-order valence-corrected chi connectivity index (χ1v) is 16.4. The van der Waals surface area contributed by atoms with Gasteiger partial charge < -0.3 is 24.0 Å². The molecule has 5 rings (SSSR count). The molecule has 0 N–H and O–H groups in total. The minimum absolute atomic E-state index is 0. The Morgan fingerprint density at radius 3 is 2.14 bits per heavy atom. The number of anilines is 2. The van der Waals surface area contributed by atoms with Crippen LogP contribution in [-0.4, -0.2) is 83.0 Å². The highest BCUT2D eigenvalue weighted by Gasteiger charge is 2.23. The second-order valence-electron chi connectivity index (χ2n) is 10.8. The van der Waals surface area contributed by atoms with Crippen molar-refractivity contribution in [1.82, 2.24) is 9.80 Å². The number of ether oxygens (including phenoxy) is 3. The van der Waals surface area contributed by atoms with Gasteiger partial charge in [0.2, 0.25) is 0 Å². The van der Waals surface area contributed by atoms with Crippen molar-refractivity contribution < 1.29 is 14.2 Å². The monoisotopic (exact) mass is 647 g/mol. The standard InChI is InChI=1S/C17H19ClN2S.C17H27NO3.ClH/c1-19(2)10-5-11-20-14-6-3-4-7-16(14)21-17-9-8-13(18)12-15(17)20;1-2-3-12-20-16-5-7-17(8-6-16)21-13-4-9-18-10-14-19-15-11-18;/h3-4,6-9,12H,5,10-11H2,1-2H3;5-8H,2-4,9-15H2,1H3;1H. The molecule has 0 spiro atoms. The molecule has 1 saturated heterocycles. The summed E-state index contributed by atoms with van der Waals surface area (Å²) in [5, 5.41) is 0.798. The third kappa shape index (κ3) is 11.7. The molecule has 43 heavy (non-hydrogen) atoms. The van der Waals surface area contributed by atoms with E-state index in [0.717, 1.165) is 101 Å². The number of halogens is 2. The zero-order valence-corrected chi connectivity index (χ0v) is 28.2. The molecule has 0 amide bonds. The lowest BCUT2D eigenvalue weighted by Gasteiger charge is -2.33. The molecule has 2 heterocycles. The van der Waals surface area contributed by atoms with E-state index in [2.05, 4.69) is 72.1 Å². The molecular formula is C34H47Cl2N3O3S. The fourth-order valence-electron chi connectivity index (χ4n) is 4.86. The Hall–Kier alpha value is -2.13. The van der Waals surface area contributed by atoms with E-state index in [0.29, 0.717) is 0 Å². The van der Waals surface area contributed by atoms with E-state index >= 15 is 0 Å². The number of para-hydroxylation sites is 1. The number of rotatable bonds is 13. The highest BCUT2D eigenvalue weighted by Crippen LogP contribution is 2.48. The van der Waals surface area contributed by atoms with Crippen molar-refractivity contribution in [2.75, 3.05) is 78.1 Å². The van der Waals surface area contributed by atoms with E-state index in [9.17, 15) is 0 Å². The summed E-state index contributed by atoms with van der Waals surface area (Å²) in [6, 6.07) is 22.7. The molecule has 0 atom stereocenters. The summed E-state index contributed by atoms with van der Waals surface area (Å²) in [4.78, 5) is 9.65. The fourth-order valence-corrected chi connectivity index (χ4v) is 6.10. The summed E-state index contributed by atoms with van der Waals surface area (Å²) in [5.74, 6) is 1.84. The summed E-state index contributed by atoms with van der Waals surface area (Å²) in [7, 11) is 4.23. The van der Waals surface area contributed by atoms with Gasteiger partial charge in [-0.05, 0) is 94.5 Å². The Morgan fingerprint density at radius 2 is 1.47 bits per heavy atom. The molecule has 6 nitrogen and oxygen atoms in total. The lowest BCUT2D eigenvalue weighted by atomic mass is 10.2. The van der Waals surface area contributed by atoms with Gasteiger partial charge in [-0.1, -0.05) is 48.8 Å². The van der Waals surface area contributed by atoms with Crippen LogP contribution in [0, 0.1) is 0 Å². The van der Waals surface area contributed by atoms with Crippen LogP contribution >= 0.6 is 35.8 Å². The van der Waals surface area contributed by atoms with E-state index < -0.39 is 0 Å². The van der Waals surface area contributed by atoms with Crippen molar-refractivity contribution in [3.05, 3.63) is 71.8 Å². The van der Waals surface area contributed by atoms with E-state index in [-0.39, 0.29) is 12.4 Å². The molecule has 9 heteroatoms. The fraction of sp³-hybridized carbons (Fsp3) is 0.471. The van der Waals surface area contributed by atoms with Crippen LogP contribution in [0.2, 0.25) is 5.02 Å². The third-order valence-corrected chi connectivity index (χ3v) is 8.52. The molecule has 0 aliphatic carbocycles. The number of hydrogen-bond donors (Lipinski definition) is 0. The average Bonchev–Trinajstić information content (AvgIpc) is 3.01. The highest BCUT2D eigenvalue weighted by molar-refractivity contribution is 7.99. The summed E-state index contributed by atoms with van der Waals surface area (Å²) in [5.41, 5.74) is 2.51. The lowest BCUT2D eigenvalue weighted by molar-refractivity contribution is 0.0358. The van der Waals surface area contributed by atoms with Gasteiger partial charge in [0, 0.05) is 41.0 Å². The molecule has 3 aromatic carbocycles. The first-order valence-electron chi connectivity index (χ1n) is 15.2. The smallest absolute Gasteiger partial charge is 0.119 e. The van der Waals surface area contributed by atoms with Gasteiger partial charge in [-0.15, -0.1) is 12.4 Å². The van der Waals surface area contributed by atoms with Crippen molar-refractivity contribution in [2.24, 2.45) is 0 Å². The Bertz CT molecular complexity index is 1210.